The van der Waals surface area contributed by atoms with E-state index in [-0.39, 0.29) is 18.0 Å². The number of hydrogen-bond acceptors (Lipinski definition) is 3. The van der Waals surface area contributed by atoms with Crippen LogP contribution in [0.2, 0.25) is 0 Å². The van der Waals surface area contributed by atoms with Gasteiger partial charge < -0.3 is 21.7 Å². The summed E-state index contributed by atoms with van der Waals surface area (Å²) in [6, 6.07) is 0.467. The van der Waals surface area contributed by atoms with E-state index in [0.717, 1.165) is 32.1 Å². The van der Waals surface area contributed by atoms with Crippen molar-refractivity contribution in [1.29, 1.82) is 0 Å². The van der Waals surface area contributed by atoms with Crippen molar-refractivity contribution in [2.45, 2.75) is 76.3 Å². The highest BCUT2D eigenvalue weighted by Crippen LogP contribution is 2.24. The molecule has 0 heterocycles. The Kier molecular flexibility index (Phi) is 7.65. The summed E-state index contributed by atoms with van der Waals surface area (Å²) in [5, 5.41) is 8.95. The lowest BCUT2D eigenvalue weighted by Crippen LogP contribution is -2.43. The maximum absolute atomic E-state index is 11.9. The van der Waals surface area contributed by atoms with Crippen molar-refractivity contribution in [3.8, 4) is 0 Å². The molecule has 6 nitrogen and oxygen atoms in total. The molecule has 0 saturated heterocycles. The second-order valence-corrected chi connectivity index (χ2v) is 6.94. The third kappa shape index (κ3) is 6.37. The Morgan fingerprint density at radius 3 is 2.48 bits per heavy atom. The zero-order valence-corrected chi connectivity index (χ0v) is 14.1. The first kappa shape index (κ1) is 18.0. The molecule has 6 heteroatoms. The Labute approximate surface area is 139 Å². The summed E-state index contributed by atoms with van der Waals surface area (Å²) in [6.45, 7) is 1.19. The molecule has 2 saturated carbocycles. The van der Waals surface area contributed by atoms with E-state index in [2.05, 4.69) is 16.0 Å². The maximum atomic E-state index is 11.9. The molecular formula is C17H32N4O2. The highest BCUT2D eigenvalue weighted by Gasteiger charge is 2.27. The van der Waals surface area contributed by atoms with Crippen molar-refractivity contribution in [1.82, 2.24) is 16.0 Å². The smallest absolute Gasteiger partial charge is 0.315 e. The topological polar surface area (TPSA) is 96.2 Å². The van der Waals surface area contributed by atoms with Crippen LogP contribution in [0.15, 0.2) is 0 Å². The number of nitrogens with two attached hydrogens (primary N) is 1. The summed E-state index contributed by atoms with van der Waals surface area (Å²) in [6.07, 6.45) is 10.3. The van der Waals surface area contributed by atoms with Crippen molar-refractivity contribution in [2.24, 2.45) is 11.7 Å². The van der Waals surface area contributed by atoms with Crippen molar-refractivity contribution < 1.29 is 9.59 Å². The Hall–Kier alpha value is -1.30. The van der Waals surface area contributed by atoms with E-state index >= 15 is 0 Å². The van der Waals surface area contributed by atoms with Crippen molar-refractivity contribution in [2.75, 3.05) is 13.1 Å². The minimum atomic E-state index is -0.101. The van der Waals surface area contributed by atoms with Gasteiger partial charge in [-0.15, -0.1) is 0 Å². The van der Waals surface area contributed by atoms with E-state index in [1.165, 1.54) is 19.3 Å². The van der Waals surface area contributed by atoms with Crippen molar-refractivity contribution in [3.63, 3.8) is 0 Å². The first-order chi connectivity index (χ1) is 11.2. The molecule has 0 bridgehead atoms. The molecule has 23 heavy (non-hydrogen) atoms. The molecule has 0 spiro atoms. The van der Waals surface area contributed by atoms with Crippen LogP contribution in [0.25, 0.3) is 0 Å². The van der Waals surface area contributed by atoms with E-state index in [0.29, 0.717) is 37.9 Å². The van der Waals surface area contributed by atoms with Crippen LogP contribution < -0.4 is 21.7 Å². The minimum absolute atomic E-state index is 0.0739. The summed E-state index contributed by atoms with van der Waals surface area (Å²) in [4.78, 5) is 23.7. The van der Waals surface area contributed by atoms with Crippen LogP contribution in [-0.2, 0) is 4.79 Å². The fourth-order valence-corrected chi connectivity index (χ4v) is 3.72. The van der Waals surface area contributed by atoms with E-state index < -0.39 is 0 Å². The van der Waals surface area contributed by atoms with E-state index in [1.807, 2.05) is 0 Å². The van der Waals surface area contributed by atoms with Gasteiger partial charge in [0.1, 0.15) is 0 Å². The quantitative estimate of drug-likeness (QED) is 0.536. The van der Waals surface area contributed by atoms with Crippen LogP contribution in [-0.4, -0.2) is 37.1 Å². The molecular weight excluding hydrogens is 292 g/mol. The maximum Gasteiger partial charge on any atom is 0.315 e. The lowest BCUT2D eigenvalue weighted by molar-refractivity contribution is -0.122. The molecule has 132 valence electrons. The van der Waals surface area contributed by atoms with Gasteiger partial charge in [-0.25, -0.2) is 4.79 Å². The van der Waals surface area contributed by atoms with Gasteiger partial charge in [-0.3, -0.25) is 4.79 Å². The van der Waals surface area contributed by atoms with Gasteiger partial charge in [0.15, 0.2) is 0 Å². The van der Waals surface area contributed by atoms with Crippen LogP contribution >= 0.6 is 0 Å². The predicted octanol–water partition coefficient (Wildman–Crippen LogP) is 1.64. The van der Waals surface area contributed by atoms with Gasteiger partial charge in [0.25, 0.3) is 0 Å². The molecule has 0 aromatic carbocycles. The Balaban J connectivity index is 1.52. The third-order valence-electron chi connectivity index (χ3n) is 5.11. The number of nitrogens with one attached hydrogen (secondary N) is 3. The molecule has 0 aromatic rings. The second-order valence-electron chi connectivity index (χ2n) is 6.94. The molecule has 0 radical (unpaired) electrons. The second kappa shape index (κ2) is 9.75. The van der Waals surface area contributed by atoms with Gasteiger partial charge in [-0.2, -0.15) is 0 Å². The van der Waals surface area contributed by atoms with Crippen LogP contribution in [0.4, 0.5) is 4.79 Å². The first-order valence-electron chi connectivity index (χ1n) is 9.23. The number of carbonyl (C=O) groups is 2. The van der Waals surface area contributed by atoms with E-state index in [4.69, 9.17) is 5.73 Å². The molecule has 0 aromatic heterocycles. The fraction of sp³-hybridized carbons (Fsp3) is 0.882. The molecule has 5 N–H and O–H groups in total. The summed E-state index contributed by atoms with van der Waals surface area (Å²) in [7, 11) is 0. The van der Waals surface area contributed by atoms with Gasteiger partial charge in [0, 0.05) is 25.0 Å². The van der Waals surface area contributed by atoms with E-state index in [1.54, 1.807) is 0 Å². The highest BCUT2D eigenvalue weighted by atomic mass is 16.2. The average molecular weight is 324 g/mol. The van der Waals surface area contributed by atoms with Crippen molar-refractivity contribution >= 4 is 11.9 Å². The summed E-state index contributed by atoms with van der Waals surface area (Å²) in [5.74, 6) is 0.503. The Morgan fingerprint density at radius 1 is 0.957 bits per heavy atom. The van der Waals surface area contributed by atoms with E-state index in [9.17, 15) is 9.59 Å². The van der Waals surface area contributed by atoms with Gasteiger partial charge in [-0.1, -0.05) is 25.7 Å². The first-order valence-corrected chi connectivity index (χ1v) is 9.23. The largest absolute Gasteiger partial charge is 0.353 e. The molecule has 2 rings (SSSR count). The van der Waals surface area contributed by atoms with Gasteiger partial charge in [0.2, 0.25) is 5.91 Å². The summed E-state index contributed by atoms with van der Waals surface area (Å²) in [5.41, 5.74) is 5.73. The lowest BCUT2D eigenvalue weighted by atomic mass is 9.96. The molecule has 0 aliphatic heterocycles. The summed E-state index contributed by atoms with van der Waals surface area (Å²) >= 11 is 0. The molecule has 2 aliphatic rings. The SMILES string of the molecule is NCC1CCCC1NC(=O)CCCNC(=O)NC1CCCCC1. The van der Waals surface area contributed by atoms with Crippen LogP contribution in [0.5, 0.6) is 0 Å². The van der Waals surface area contributed by atoms with Crippen LogP contribution in [0, 0.1) is 5.92 Å². The van der Waals surface area contributed by atoms with Crippen molar-refractivity contribution in [3.05, 3.63) is 0 Å². The number of amides is 3. The molecule has 2 atom stereocenters. The third-order valence-corrected chi connectivity index (χ3v) is 5.11. The molecule has 3 amide bonds. The van der Waals surface area contributed by atoms with Gasteiger partial charge in [0.05, 0.1) is 0 Å². The lowest BCUT2D eigenvalue weighted by Gasteiger charge is -2.23. The molecule has 2 unspecified atom stereocenters. The van der Waals surface area contributed by atoms with Crippen LogP contribution in [0.3, 0.4) is 0 Å². The Bertz CT molecular complexity index is 383. The number of urea groups is 1. The minimum Gasteiger partial charge on any atom is -0.353 e. The molecule has 2 aliphatic carbocycles. The van der Waals surface area contributed by atoms with Gasteiger partial charge >= 0.3 is 6.03 Å². The number of rotatable bonds is 7. The number of carbonyl (C=O) groups excluding carboxylic acids is 2. The standard InChI is InChI=1S/C17H32N4O2/c18-12-13-6-4-9-15(13)21-16(22)10-5-11-19-17(23)20-14-7-2-1-3-8-14/h13-15H,1-12,18H2,(H,21,22)(H2,19,20,23). The zero-order valence-electron chi connectivity index (χ0n) is 14.1. The zero-order chi connectivity index (χ0) is 16.5. The van der Waals surface area contributed by atoms with Crippen LogP contribution in [0.1, 0.15) is 64.2 Å². The highest BCUT2D eigenvalue weighted by molar-refractivity contribution is 5.76. The fourth-order valence-electron chi connectivity index (χ4n) is 3.72. The normalized spacial score (nSPS) is 25.1. The molecule has 2 fully saturated rings. The number of hydrogen-bond donors (Lipinski definition) is 4. The van der Waals surface area contributed by atoms with Gasteiger partial charge in [-0.05, 0) is 44.6 Å². The average Bonchev–Trinajstić information content (AvgIpc) is 2.99. The predicted molar refractivity (Wildman–Crippen MR) is 91.0 cm³/mol. The summed E-state index contributed by atoms with van der Waals surface area (Å²) < 4.78 is 0. The monoisotopic (exact) mass is 324 g/mol. The Morgan fingerprint density at radius 2 is 1.74 bits per heavy atom.